The average Bonchev–Trinajstić information content (AvgIpc) is 3.09. The van der Waals surface area contributed by atoms with E-state index >= 15 is 0 Å². The summed E-state index contributed by atoms with van der Waals surface area (Å²) in [5, 5.41) is 3.50. The SMILES string of the molecule is CNC1CCCC1N(CCOC)C(C)C1CC1. The van der Waals surface area contributed by atoms with Crippen LogP contribution >= 0.6 is 0 Å². The molecule has 17 heavy (non-hydrogen) atoms. The van der Waals surface area contributed by atoms with Gasteiger partial charge in [0.15, 0.2) is 0 Å². The molecule has 2 aliphatic rings. The van der Waals surface area contributed by atoms with Crippen molar-refractivity contribution in [1.82, 2.24) is 10.2 Å². The van der Waals surface area contributed by atoms with Crippen molar-refractivity contribution in [2.45, 2.75) is 57.2 Å². The molecule has 0 spiro atoms. The second-order valence-electron chi connectivity index (χ2n) is 5.70. The summed E-state index contributed by atoms with van der Waals surface area (Å²) in [6.45, 7) is 4.37. The Morgan fingerprint density at radius 3 is 2.65 bits per heavy atom. The molecule has 0 heterocycles. The summed E-state index contributed by atoms with van der Waals surface area (Å²) in [4.78, 5) is 2.72. The van der Waals surface area contributed by atoms with E-state index in [0.717, 1.165) is 31.2 Å². The van der Waals surface area contributed by atoms with Crippen molar-refractivity contribution in [3.05, 3.63) is 0 Å². The van der Waals surface area contributed by atoms with Gasteiger partial charge in [0, 0.05) is 31.8 Å². The molecular formula is C14H28N2O. The fourth-order valence-electron chi connectivity index (χ4n) is 3.39. The zero-order valence-corrected chi connectivity index (χ0v) is 11.6. The number of nitrogens with zero attached hydrogens (tertiary/aromatic N) is 1. The monoisotopic (exact) mass is 240 g/mol. The highest BCUT2D eigenvalue weighted by Crippen LogP contribution is 2.37. The maximum Gasteiger partial charge on any atom is 0.0589 e. The molecule has 3 atom stereocenters. The lowest BCUT2D eigenvalue weighted by atomic mass is 10.1. The van der Waals surface area contributed by atoms with Crippen LogP contribution in [0.15, 0.2) is 0 Å². The molecule has 0 amide bonds. The van der Waals surface area contributed by atoms with Gasteiger partial charge in [0.05, 0.1) is 6.61 Å². The number of methoxy groups -OCH3 is 1. The van der Waals surface area contributed by atoms with E-state index in [0.29, 0.717) is 6.04 Å². The van der Waals surface area contributed by atoms with Gasteiger partial charge in [-0.2, -0.15) is 0 Å². The third-order valence-electron chi connectivity index (χ3n) is 4.66. The summed E-state index contributed by atoms with van der Waals surface area (Å²) in [7, 11) is 3.92. The Bertz CT molecular complexity index is 230. The van der Waals surface area contributed by atoms with Crippen LogP contribution < -0.4 is 5.32 Å². The minimum Gasteiger partial charge on any atom is -0.383 e. The van der Waals surface area contributed by atoms with E-state index in [2.05, 4.69) is 24.2 Å². The normalized spacial score (nSPS) is 31.1. The molecular weight excluding hydrogens is 212 g/mol. The van der Waals surface area contributed by atoms with Crippen LogP contribution in [0, 0.1) is 5.92 Å². The number of nitrogens with one attached hydrogen (secondary N) is 1. The maximum absolute atomic E-state index is 5.29. The molecule has 2 saturated carbocycles. The smallest absolute Gasteiger partial charge is 0.0589 e. The van der Waals surface area contributed by atoms with E-state index in [1.807, 2.05) is 7.11 Å². The van der Waals surface area contributed by atoms with Gasteiger partial charge in [-0.1, -0.05) is 6.42 Å². The van der Waals surface area contributed by atoms with E-state index in [4.69, 9.17) is 4.74 Å². The van der Waals surface area contributed by atoms with Gasteiger partial charge in [-0.15, -0.1) is 0 Å². The summed E-state index contributed by atoms with van der Waals surface area (Å²) >= 11 is 0. The number of hydrogen-bond acceptors (Lipinski definition) is 3. The van der Waals surface area contributed by atoms with Crippen LogP contribution in [0.5, 0.6) is 0 Å². The molecule has 0 aliphatic heterocycles. The summed E-state index contributed by atoms with van der Waals surface area (Å²) < 4.78 is 5.29. The second-order valence-corrected chi connectivity index (χ2v) is 5.70. The molecule has 1 N–H and O–H groups in total. The van der Waals surface area contributed by atoms with Crippen molar-refractivity contribution < 1.29 is 4.74 Å². The Morgan fingerprint density at radius 1 is 1.29 bits per heavy atom. The molecule has 2 fully saturated rings. The fourth-order valence-corrected chi connectivity index (χ4v) is 3.39. The van der Waals surface area contributed by atoms with Gasteiger partial charge in [0.1, 0.15) is 0 Å². The van der Waals surface area contributed by atoms with Crippen LogP contribution in [0.4, 0.5) is 0 Å². The Labute approximate surface area is 106 Å². The summed E-state index contributed by atoms with van der Waals surface area (Å²) in [5.41, 5.74) is 0. The van der Waals surface area contributed by atoms with E-state index < -0.39 is 0 Å². The lowest BCUT2D eigenvalue weighted by molar-refractivity contribution is 0.0733. The third-order valence-corrected chi connectivity index (χ3v) is 4.66. The van der Waals surface area contributed by atoms with E-state index in [9.17, 15) is 0 Å². The molecule has 0 bridgehead atoms. The Hall–Kier alpha value is -0.120. The number of likely N-dealkylation sites (N-methyl/N-ethyl adjacent to an activating group) is 1. The standard InChI is InChI=1S/C14H28N2O/c1-11(12-7-8-12)16(9-10-17-3)14-6-4-5-13(14)15-2/h11-15H,4-10H2,1-3H3. The number of ether oxygens (including phenoxy) is 1. The lowest BCUT2D eigenvalue weighted by Gasteiger charge is -2.37. The van der Waals surface area contributed by atoms with Gasteiger partial charge in [-0.25, -0.2) is 0 Å². The highest BCUT2D eigenvalue weighted by Gasteiger charge is 2.38. The molecule has 2 aliphatic carbocycles. The van der Waals surface area contributed by atoms with Crippen molar-refractivity contribution in [2.75, 3.05) is 27.3 Å². The topological polar surface area (TPSA) is 24.5 Å². The fraction of sp³-hybridized carbons (Fsp3) is 1.00. The second kappa shape index (κ2) is 6.17. The molecule has 0 saturated heterocycles. The molecule has 3 nitrogen and oxygen atoms in total. The number of rotatable bonds is 7. The first-order valence-electron chi connectivity index (χ1n) is 7.20. The highest BCUT2D eigenvalue weighted by atomic mass is 16.5. The largest absolute Gasteiger partial charge is 0.383 e. The van der Waals surface area contributed by atoms with Crippen LogP contribution in [-0.2, 0) is 4.74 Å². The Kier molecular flexibility index (Phi) is 4.83. The molecule has 0 aromatic heterocycles. The molecule has 2 rings (SSSR count). The molecule has 100 valence electrons. The van der Waals surface area contributed by atoms with E-state index in [1.165, 1.54) is 32.1 Å². The van der Waals surface area contributed by atoms with Crippen molar-refractivity contribution in [1.29, 1.82) is 0 Å². The summed E-state index contributed by atoms with van der Waals surface area (Å²) in [6.07, 6.45) is 6.93. The van der Waals surface area contributed by atoms with Crippen LogP contribution in [0.3, 0.4) is 0 Å². The van der Waals surface area contributed by atoms with Gasteiger partial charge in [0.25, 0.3) is 0 Å². The van der Waals surface area contributed by atoms with Gasteiger partial charge in [-0.3, -0.25) is 4.90 Å². The van der Waals surface area contributed by atoms with Crippen molar-refractivity contribution in [3.63, 3.8) is 0 Å². The van der Waals surface area contributed by atoms with Gasteiger partial charge >= 0.3 is 0 Å². The average molecular weight is 240 g/mol. The van der Waals surface area contributed by atoms with Crippen molar-refractivity contribution in [3.8, 4) is 0 Å². The van der Waals surface area contributed by atoms with E-state index in [1.54, 1.807) is 0 Å². The van der Waals surface area contributed by atoms with Crippen LogP contribution in [0.1, 0.15) is 39.0 Å². The van der Waals surface area contributed by atoms with Gasteiger partial charge in [0.2, 0.25) is 0 Å². The maximum atomic E-state index is 5.29. The minimum atomic E-state index is 0.688. The summed E-state index contributed by atoms with van der Waals surface area (Å²) in [6, 6.07) is 2.16. The first kappa shape index (κ1) is 13.3. The molecule has 3 heteroatoms. The zero-order chi connectivity index (χ0) is 12.3. The van der Waals surface area contributed by atoms with Crippen LogP contribution in [-0.4, -0.2) is 50.3 Å². The Morgan fingerprint density at radius 2 is 2.06 bits per heavy atom. The Balaban J connectivity index is 1.97. The third kappa shape index (κ3) is 3.21. The quantitative estimate of drug-likeness (QED) is 0.735. The van der Waals surface area contributed by atoms with Crippen LogP contribution in [0.25, 0.3) is 0 Å². The van der Waals surface area contributed by atoms with E-state index in [-0.39, 0.29) is 0 Å². The highest BCUT2D eigenvalue weighted by molar-refractivity contribution is 4.95. The first-order valence-corrected chi connectivity index (χ1v) is 7.20. The lowest BCUT2D eigenvalue weighted by Crippen LogP contribution is -2.51. The first-order chi connectivity index (χ1) is 8.27. The van der Waals surface area contributed by atoms with Crippen molar-refractivity contribution >= 4 is 0 Å². The van der Waals surface area contributed by atoms with Gasteiger partial charge in [-0.05, 0) is 45.6 Å². The zero-order valence-electron chi connectivity index (χ0n) is 11.6. The molecule has 3 unspecified atom stereocenters. The molecule has 0 aromatic carbocycles. The predicted molar refractivity (Wildman–Crippen MR) is 71.3 cm³/mol. The van der Waals surface area contributed by atoms with Crippen molar-refractivity contribution in [2.24, 2.45) is 5.92 Å². The van der Waals surface area contributed by atoms with Gasteiger partial charge < -0.3 is 10.1 Å². The predicted octanol–water partition coefficient (Wildman–Crippen LogP) is 1.87. The number of hydrogen-bond donors (Lipinski definition) is 1. The van der Waals surface area contributed by atoms with Crippen LogP contribution in [0.2, 0.25) is 0 Å². The minimum absolute atomic E-state index is 0.688. The molecule has 0 radical (unpaired) electrons. The molecule has 0 aromatic rings. The summed E-state index contributed by atoms with van der Waals surface area (Å²) in [5.74, 6) is 0.949.